The van der Waals surface area contributed by atoms with E-state index in [9.17, 15) is 0 Å². The second-order valence-electron chi connectivity index (χ2n) is 1.96. The number of rotatable bonds is 0. The molecule has 0 aromatic carbocycles. The van der Waals surface area contributed by atoms with Crippen molar-refractivity contribution < 1.29 is 0 Å². The molecule has 2 nitrogen and oxygen atoms in total. The molecule has 0 bridgehead atoms. The van der Waals surface area contributed by atoms with Gasteiger partial charge in [-0.2, -0.15) is 0 Å². The molecule has 0 saturated heterocycles. The molecule has 0 saturated carbocycles. The predicted octanol–water partition coefficient (Wildman–Crippen LogP) is 0.594. The summed E-state index contributed by atoms with van der Waals surface area (Å²) in [7, 11) is 2.58. The largest absolute Gasteiger partial charge is 0.241 e. The third-order valence-electron chi connectivity index (χ3n) is 1.14. The summed E-state index contributed by atoms with van der Waals surface area (Å²) in [5.41, 5.74) is 1.03. The highest BCUT2D eigenvalue weighted by Crippen LogP contribution is 1.93. The first kappa shape index (κ1) is 6.63. The van der Waals surface area contributed by atoms with E-state index in [0.29, 0.717) is 0 Å². The minimum absolute atomic E-state index is 0.832. The van der Waals surface area contributed by atoms with Crippen LogP contribution in [-0.4, -0.2) is 9.97 Å². The summed E-state index contributed by atoms with van der Waals surface area (Å²) in [5, 5.41) is 1.07. The normalized spacial score (nSPS) is 9.67. The molecular weight excluding hydrogens is 131 g/mol. The van der Waals surface area contributed by atoms with Crippen molar-refractivity contribution in [2.75, 3.05) is 0 Å². The van der Waals surface area contributed by atoms with Crippen molar-refractivity contribution in [2.45, 2.75) is 13.8 Å². The molecule has 3 heteroatoms. The molecular formula is C6H9N2P. The van der Waals surface area contributed by atoms with Gasteiger partial charge in [-0.1, -0.05) is 0 Å². The first-order chi connectivity index (χ1) is 4.20. The summed E-state index contributed by atoms with van der Waals surface area (Å²) in [5.74, 6) is 0.832. The van der Waals surface area contributed by atoms with Crippen LogP contribution in [0.4, 0.5) is 0 Å². The molecule has 0 aliphatic rings. The fourth-order valence-corrected chi connectivity index (χ4v) is 0.732. The van der Waals surface area contributed by atoms with E-state index in [0.717, 1.165) is 16.8 Å². The summed E-state index contributed by atoms with van der Waals surface area (Å²) in [6.45, 7) is 3.86. The van der Waals surface area contributed by atoms with Crippen LogP contribution in [0.1, 0.15) is 11.5 Å². The van der Waals surface area contributed by atoms with Gasteiger partial charge in [0.2, 0.25) is 0 Å². The molecule has 0 amide bonds. The maximum Gasteiger partial charge on any atom is 0.125 e. The Labute approximate surface area is 56.9 Å². The summed E-state index contributed by atoms with van der Waals surface area (Å²) < 4.78 is 0. The van der Waals surface area contributed by atoms with E-state index in [4.69, 9.17) is 0 Å². The van der Waals surface area contributed by atoms with Gasteiger partial charge < -0.3 is 0 Å². The van der Waals surface area contributed by atoms with Crippen molar-refractivity contribution in [2.24, 2.45) is 0 Å². The van der Waals surface area contributed by atoms with Gasteiger partial charge in [-0.15, -0.1) is 9.24 Å². The SMILES string of the molecule is Cc1ncc(P)c(C)n1. The lowest BCUT2D eigenvalue weighted by molar-refractivity contribution is 1.03. The van der Waals surface area contributed by atoms with Gasteiger partial charge in [0.1, 0.15) is 5.82 Å². The Hall–Kier alpha value is -0.490. The lowest BCUT2D eigenvalue weighted by atomic mass is 10.4. The van der Waals surface area contributed by atoms with E-state index in [1.54, 1.807) is 0 Å². The number of hydrogen-bond acceptors (Lipinski definition) is 2. The van der Waals surface area contributed by atoms with Crippen LogP contribution in [0.25, 0.3) is 0 Å². The number of nitrogens with zero attached hydrogens (tertiary/aromatic N) is 2. The quantitative estimate of drug-likeness (QED) is 0.493. The minimum Gasteiger partial charge on any atom is -0.241 e. The molecule has 1 aromatic heterocycles. The molecule has 0 aliphatic carbocycles. The van der Waals surface area contributed by atoms with Crippen LogP contribution in [0.3, 0.4) is 0 Å². The zero-order chi connectivity index (χ0) is 6.85. The Balaban J connectivity index is 3.17. The minimum atomic E-state index is 0.832. The van der Waals surface area contributed by atoms with Crippen LogP contribution in [-0.2, 0) is 0 Å². The molecule has 0 radical (unpaired) electrons. The summed E-state index contributed by atoms with van der Waals surface area (Å²) >= 11 is 0. The van der Waals surface area contributed by atoms with E-state index < -0.39 is 0 Å². The molecule has 1 heterocycles. The first-order valence-corrected chi connectivity index (χ1v) is 3.33. The van der Waals surface area contributed by atoms with E-state index >= 15 is 0 Å². The van der Waals surface area contributed by atoms with Gasteiger partial charge in [0.15, 0.2) is 0 Å². The molecule has 0 aliphatic heterocycles. The van der Waals surface area contributed by atoms with Crippen LogP contribution in [0, 0.1) is 13.8 Å². The Morgan fingerprint density at radius 3 is 2.56 bits per heavy atom. The lowest BCUT2D eigenvalue weighted by Gasteiger charge is -1.96. The molecule has 1 atom stereocenters. The van der Waals surface area contributed by atoms with E-state index in [1.165, 1.54) is 0 Å². The zero-order valence-electron chi connectivity index (χ0n) is 5.55. The average Bonchev–Trinajstić information content (AvgIpc) is 1.80. The van der Waals surface area contributed by atoms with Crippen molar-refractivity contribution in [1.29, 1.82) is 0 Å². The molecule has 0 spiro atoms. The third kappa shape index (κ3) is 1.46. The second kappa shape index (κ2) is 2.40. The maximum atomic E-state index is 4.14. The van der Waals surface area contributed by atoms with Gasteiger partial charge in [0, 0.05) is 17.2 Å². The number of aromatic nitrogens is 2. The van der Waals surface area contributed by atoms with Gasteiger partial charge in [0.25, 0.3) is 0 Å². The van der Waals surface area contributed by atoms with Gasteiger partial charge in [-0.25, -0.2) is 9.97 Å². The highest BCUT2D eigenvalue weighted by molar-refractivity contribution is 7.27. The first-order valence-electron chi connectivity index (χ1n) is 2.76. The van der Waals surface area contributed by atoms with Gasteiger partial charge in [0.05, 0.1) is 0 Å². The topological polar surface area (TPSA) is 25.8 Å². The smallest absolute Gasteiger partial charge is 0.125 e. The van der Waals surface area contributed by atoms with Crippen molar-refractivity contribution in [3.05, 3.63) is 17.7 Å². The molecule has 9 heavy (non-hydrogen) atoms. The average molecular weight is 140 g/mol. The lowest BCUT2D eigenvalue weighted by Crippen LogP contribution is -2.03. The summed E-state index contributed by atoms with van der Waals surface area (Å²) in [6.07, 6.45) is 1.81. The van der Waals surface area contributed by atoms with Gasteiger partial charge in [-0.05, 0) is 13.8 Å². The highest BCUT2D eigenvalue weighted by atomic mass is 31.0. The highest BCUT2D eigenvalue weighted by Gasteiger charge is 1.92. The molecule has 1 aromatic rings. The van der Waals surface area contributed by atoms with Gasteiger partial charge in [-0.3, -0.25) is 0 Å². The van der Waals surface area contributed by atoms with Crippen LogP contribution in [0.5, 0.6) is 0 Å². The molecule has 0 N–H and O–H groups in total. The van der Waals surface area contributed by atoms with Crippen molar-refractivity contribution in [3.63, 3.8) is 0 Å². The van der Waals surface area contributed by atoms with Crippen LogP contribution < -0.4 is 5.30 Å². The summed E-state index contributed by atoms with van der Waals surface area (Å²) in [6, 6.07) is 0. The fourth-order valence-electron chi connectivity index (χ4n) is 0.592. The molecule has 0 fully saturated rings. The Morgan fingerprint density at radius 2 is 2.11 bits per heavy atom. The third-order valence-corrected chi connectivity index (χ3v) is 1.70. The van der Waals surface area contributed by atoms with Crippen LogP contribution in [0.15, 0.2) is 6.20 Å². The zero-order valence-corrected chi connectivity index (χ0v) is 6.70. The Kier molecular flexibility index (Phi) is 1.77. The van der Waals surface area contributed by atoms with Crippen LogP contribution in [0.2, 0.25) is 0 Å². The Morgan fingerprint density at radius 1 is 1.44 bits per heavy atom. The van der Waals surface area contributed by atoms with E-state index in [-0.39, 0.29) is 0 Å². The predicted molar refractivity (Wildman–Crippen MR) is 40.9 cm³/mol. The van der Waals surface area contributed by atoms with E-state index in [1.807, 2.05) is 20.0 Å². The van der Waals surface area contributed by atoms with Crippen molar-refractivity contribution in [1.82, 2.24) is 9.97 Å². The van der Waals surface area contributed by atoms with Crippen molar-refractivity contribution >= 4 is 14.5 Å². The molecule has 48 valence electrons. The standard InChI is InChI=1S/C6H9N2P/c1-4-6(9)3-7-5(2)8-4/h3H,9H2,1-2H3. The fraction of sp³-hybridized carbons (Fsp3) is 0.333. The van der Waals surface area contributed by atoms with Crippen molar-refractivity contribution in [3.8, 4) is 0 Å². The van der Waals surface area contributed by atoms with Gasteiger partial charge >= 0.3 is 0 Å². The number of hydrogen-bond donors (Lipinski definition) is 0. The molecule has 1 unspecified atom stereocenters. The Bertz CT molecular complexity index is 222. The monoisotopic (exact) mass is 140 g/mol. The molecule has 1 rings (SSSR count). The summed E-state index contributed by atoms with van der Waals surface area (Å²) in [4.78, 5) is 8.15. The van der Waals surface area contributed by atoms with Crippen LogP contribution >= 0.6 is 9.24 Å². The number of aryl methyl sites for hydroxylation is 2. The van der Waals surface area contributed by atoms with E-state index in [2.05, 4.69) is 19.2 Å². The maximum absolute atomic E-state index is 4.14. The second-order valence-corrected chi connectivity index (χ2v) is 2.58.